The number of carbonyl (C=O) groups is 1. The smallest absolute Gasteiger partial charge is 0.267 e. The molecule has 0 saturated carbocycles. The van der Waals surface area contributed by atoms with E-state index in [-0.39, 0.29) is 10.9 Å². The predicted octanol–water partition coefficient (Wildman–Crippen LogP) is 4.61. The van der Waals surface area contributed by atoms with Crippen LogP contribution >= 0.6 is 11.6 Å². The van der Waals surface area contributed by atoms with E-state index in [1.165, 1.54) is 30.5 Å². The molecule has 1 N–H and O–H groups in total. The maximum absolute atomic E-state index is 14.5. The van der Waals surface area contributed by atoms with Crippen LogP contribution in [-0.4, -0.2) is 25.6 Å². The third-order valence-corrected chi connectivity index (χ3v) is 4.90. The van der Waals surface area contributed by atoms with Crippen molar-refractivity contribution in [2.24, 2.45) is 0 Å². The van der Waals surface area contributed by atoms with E-state index in [1.54, 1.807) is 11.6 Å². The van der Waals surface area contributed by atoms with E-state index in [0.29, 0.717) is 16.7 Å². The number of carbonyl (C=O) groups excluding carboxylic acids is 1. The van der Waals surface area contributed by atoms with Gasteiger partial charge in [-0.3, -0.25) is 4.79 Å². The van der Waals surface area contributed by atoms with Gasteiger partial charge in [0, 0.05) is 11.8 Å². The first-order valence-electron chi connectivity index (χ1n) is 8.56. The van der Waals surface area contributed by atoms with Crippen molar-refractivity contribution in [3.05, 3.63) is 76.2 Å². The van der Waals surface area contributed by atoms with Crippen molar-refractivity contribution in [3.8, 4) is 22.8 Å². The van der Waals surface area contributed by atoms with Crippen molar-refractivity contribution < 1.29 is 31.1 Å². The number of amides is 1. The van der Waals surface area contributed by atoms with Gasteiger partial charge in [0.1, 0.15) is 10.8 Å². The fraction of sp³-hybridized carbons (Fsp3) is 0.100. The van der Waals surface area contributed by atoms with Gasteiger partial charge in [-0.2, -0.15) is 4.39 Å². The second-order valence-corrected chi connectivity index (χ2v) is 8.67. The summed E-state index contributed by atoms with van der Waals surface area (Å²) < 4.78 is 70.9. The van der Waals surface area contributed by atoms with Gasteiger partial charge in [0.2, 0.25) is 21.7 Å². The number of nitrogens with one attached hydrogen (secondary N) is 1. The number of hydrogen-bond donors (Lipinski definition) is 1. The van der Waals surface area contributed by atoms with Crippen molar-refractivity contribution >= 4 is 27.5 Å². The molecule has 0 atom stereocenters. The van der Waals surface area contributed by atoms with Gasteiger partial charge in [-0.1, -0.05) is 17.7 Å². The zero-order chi connectivity index (χ0) is 22.9. The van der Waals surface area contributed by atoms with E-state index in [2.05, 4.69) is 4.98 Å². The van der Waals surface area contributed by atoms with E-state index in [9.17, 15) is 26.4 Å². The Labute approximate surface area is 180 Å². The lowest BCUT2D eigenvalue weighted by Gasteiger charge is -2.12. The molecule has 1 amide bonds. The molecule has 0 bridgehead atoms. The van der Waals surface area contributed by atoms with Crippen LogP contribution in [0.25, 0.3) is 11.1 Å². The minimum Gasteiger partial charge on any atom is -0.434 e. The lowest BCUT2D eigenvalue weighted by Crippen LogP contribution is -2.30. The number of rotatable bonds is 5. The van der Waals surface area contributed by atoms with Gasteiger partial charge in [0.25, 0.3) is 5.91 Å². The Kier molecular flexibility index (Phi) is 6.23. The molecular formula is C20H14ClF3N2O4S. The predicted molar refractivity (Wildman–Crippen MR) is 108 cm³/mol. The van der Waals surface area contributed by atoms with Gasteiger partial charge in [-0.15, -0.1) is 0 Å². The van der Waals surface area contributed by atoms with Crippen LogP contribution < -0.4 is 9.46 Å². The summed E-state index contributed by atoms with van der Waals surface area (Å²) in [5.41, 5.74) is 0.657. The summed E-state index contributed by atoms with van der Waals surface area (Å²) in [7, 11) is -3.86. The average molecular weight is 471 g/mol. The molecule has 1 aromatic heterocycles. The van der Waals surface area contributed by atoms with Crippen molar-refractivity contribution in [1.29, 1.82) is 0 Å². The summed E-state index contributed by atoms with van der Waals surface area (Å²) in [5.74, 6) is -4.98. The average Bonchev–Trinajstić information content (AvgIpc) is 2.67. The normalized spacial score (nSPS) is 11.3. The van der Waals surface area contributed by atoms with Crippen LogP contribution in [0.15, 0.2) is 42.6 Å². The summed E-state index contributed by atoms with van der Waals surface area (Å²) in [4.78, 5) is 15.9. The number of aryl methyl sites for hydroxylation is 1. The van der Waals surface area contributed by atoms with E-state index in [1.807, 2.05) is 0 Å². The van der Waals surface area contributed by atoms with Crippen LogP contribution in [0.4, 0.5) is 13.2 Å². The number of benzene rings is 2. The zero-order valence-electron chi connectivity index (χ0n) is 16.0. The molecule has 31 heavy (non-hydrogen) atoms. The quantitative estimate of drug-likeness (QED) is 0.588. The zero-order valence-corrected chi connectivity index (χ0v) is 17.6. The number of ether oxygens (including phenoxy) is 1. The van der Waals surface area contributed by atoms with Crippen LogP contribution in [0.3, 0.4) is 0 Å². The topological polar surface area (TPSA) is 85.4 Å². The van der Waals surface area contributed by atoms with Crippen LogP contribution in [0, 0.1) is 24.4 Å². The van der Waals surface area contributed by atoms with Crippen LogP contribution in [0.1, 0.15) is 15.9 Å². The lowest BCUT2D eigenvalue weighted by molar-refractivity contribution is 0.0977. The number of nitrogens with zero attached hydrogens (tertiary/aromatic N) is 1. The van der Waals surface area contributed by atoms with Crippen molar-refractivity contribution in [2.45, 2.75) is 6.92 Å². The highest BCUT2D eigenvalue weighted by Gasteiger charge is 2.19. The largest absolute Gasteiger partial charge is 0.434 e. The highest BCUT2D eigenvalue weighted by molar-refractivity contribution is 7.89. The maximum Gasteiger partial charge on any atom is 0.267 e. The summed E-state index contributed by atoms with van der Waals surface area (Å²) in [6, 6.07) is 6.97. The molecule has 2 aromatic carbocycles. The monoisotopic (exact) mass is 470 g/mol. The summed E-state index contributed by atoms with van der Waals surface area (Å²) in [6.07, 6.45) is 2.05. The Bertz CT molecular complexity index is 1300. The van der Waals surface area contributed by atoms with Crippen LogP contribution in [0.5, 0.6) is 11.6 Å². The fourth-order valence-electron chi connectivity index (χ4n) is 2.70. The molecule has 3 rings (SSSR count). The number of halogens is 4. The molecular weight excluding hydrogens is 457 g/mol. The van der Waals surface area contributed by atoms with E-state index in [0.717, 1.165) is 18.4 Å². The second kappa shape index (κ2) is 8.56. The van der Waals surface area contributed by atoms with Crippen molar-refractivity contribution in [3.63, 3.8) is 0 Å². The molecule has 0 aliphatic heterocycles. The third-order valence-electron chi connectivity index (χ3n) is 4.08. The Morgan fingerprint density at radius 1 is 1.13 bits per heavy atom. The molecule has 1 heterocycles. The number of pyridine rings is 1. The number of aromatic nitrogens is 1. The molecule has 0 fully saturated rings. The third kappa shape index (κ3) is 5.15. The standard InChI is InChI=1S/C20H14ClF3N2O4S/c1-10-6-13(19(27)26-31(2,28)29)16(23)8-12(10)11-7-14(21)20(25-9-11)30-17-5-3-4-15(22)18(17)24/h3-9H,1-2H3,(H,26,27). The first-order valence-corrected chi connectivity index (χ1v) is 10.8. The van der Waals surface area contributed by atoms with Crippen molar-refractivity contribution in [1.82, 2.24) is 9.71 Å². The summed E-state index contributed by atoms with van der Waals surface area (Å²) >= 11 is 6.14. The molecule has 3 aromatic rings. The summed E-state index contributed by atoms with van der Waals surface area (Å²) in [6.45, 7) is 1.58. The number of sulfonamides is 1. The van der Waals surface area contributed by atoms with Gasteiger partial charge >= 0.3 is 0 Å². The molecule has 6 nitrogen and oxygen atoms in total. The Morgan fingerprint density at radius 3 is 2.48 bits per heavy atom. The SMILES string of the molecule is Cc1cc(C(=O)NS(C)(=O)=O)c(F)cc1-c1cnc(Oc2cccc(F)c2F)c(Cl)c1. The van der Waals surface area contributed by atoms with Gasteiger partial charge < -0.3 is 4.74 Å². The lowest BCUT2D eigenvalue weighted by atomic mass is 9.99. The molecule has 0 aliphatic rings. The molecule has 0 unspecified atom stereocenters. The van der Waals surface area contributed by atoms with Gasteiger partial charge in [-0.25, -0.2) is 26.9 Å². The highest BCUT2D eigenvalue weighted by Crippen LogP contribution is 2.34. The Hall–Kier alpha value is -3.11. The van der Waals surface area contributed by atoms with E-state index in [4.69, 9.17) is 16.3 Å². The van der Waals surface area contributed by atoms with Gasteiger partial charge in [0.05, 0.1) is 11.8 Å². The maximum atomic E-state index is 14.5. The molecule has 11 heteroatoms. The van der Waals surface area contributed by atoms with E-state index >= 15 is 0 Å². The minimum atomic E-state index is -3.86. The first kappa shape index (κ1) is 22.6. The van der Waals surface area contributed by atoms with Crippen LogP contribution in [0.2, 0.25) is 5.02 Å². The Morgan fingerprint density at radius 2 is 1.84 bits per heavy atom. The van der Waals surface area contributed by atoms with Crippen LogP contribution in [-0.2, 0) is 10.0 Å². The number of hydrogen-bond acceptors (Lipinski definition) is 5. The van der Waals surface area contributed by atoms with Crippen molar-refractivity contribution in [2.75, 3.05) is 6.26 Å². The second-order valence-electron chi connectivity index (χ2n) is 6.52. The molecule has 0 spiro atoms. The fourth-order valence-corrected chi connectivity index (χ4v) is 3.36. The minimum absolute atomic E-state index is 0.0557. The molecule has 0 saturated heterocycles. The van der Waals surface area contributed by atoms with E-state index < -0.39 is 44.7 Å². The molecule has 162 valence electrons. The molecule has 0 radical (unpaired) electrons. The van der Waals surface area contributed by atoms with Gasteiger partial charge in [0.15, 0.2) is 11.6 Å². The first-order chi connectivity index (χ1) is 14.5. The highest BCUT2D eigenvalue weighted by atomic mass is 35.5. The van der Waals surface area contributed by atoms with Gasteiger partial charge in [-0.05, 0) is 48.4 Å². The molecule has 0 aliphatic carbocycles. The Balaban J connectivity index is 1.93. The summed E-state index contributed by atoms with van der Waals surface area (Å²) in [5, 5.41) is -0.0557.